The topological polar surface area (TPSA) is 371 Å². The van der Waals surface area contributed by atoms with Crippen molar-refractivity contribution in [3.05, 3.63) is 104 Å². The Morgan fingerprint density at radius 2 is 1.43 bits per heavy atom. The molecule has 0 saturated carbocycles. The molecule has 4 heterocycles. The second-order valence-corrected chi connectivity index (χ2v) is 27.4. The number of fused-ring (bicyclic) bond motifs is 2. The smallest absolute Gasteiger partial charge is 0.493 e. The minimum absolute atomic E-state index is 0.00488. The number of nitrogens with one attached hydrogen (secondary N) is 4. The van der Waals surface area contributed by atoms with Gasteiger partial charge in [0, 0.05) is 80.7 Å². The zero-order valence-electron chi connectivity index (χ0n) is 52.6. The van der Waals surface area contributed by atoms with E-state index in [1.807, 2.05) is 26.5 Å². The Hall–Kier alpha value is -8.22. The van der Waals surface area contributed by atoms with Crippen LogP contribution in [0.2, 0.25) is 0 Å². The summed E-state index contributed by atoms with van der Waals surface area (Å²) < 4.78 is 124. The minimum atomic E-state index is -5.11. The van der Waals surface area contributed by atoms with E-state index < -0.39 is 122 Å². The third kappa shape index (κ3) is 20.6. The fraction of sp³-hybridized carbons (Fsp3) is 0.509. The summed E-state index contributed by atoms with van der Waals surface area (Å²) in [5, 5.41) is 21.1. The molecule has 6 N–H and O–H groups in total. The summed E-state index contributed by atoms with van der Waals surface area (Å²) in [5.74, 6) is -9.46. The standard InChI is InChI=1S/C57H78BF2N11O19S2/c1-37(89-57(78)62-34-54(75)90-68-52(73)21-22-53(68)74)42-31-49(87-9)50(33-48(42)69(79)80)88-28-25-65(2)24-23-61-55(76)43(35-91(81,82)83)64-56(77)44(36-92(84,85)86)63-51(72)20-19-41-29-39(17-13-26-70(3,4)5)46-32-47-40(18-14-27-71(6,7)8)30-45(38-15-11-10-12-16-38)67(47)58(59,60)66(41)46/h10-12,15-16,29-33,37,43-44H,13-14,17-28,34-36H2,1-9H3,(H4-2,61,62,63,64,72,76,77,78,81,82,83,84,85,86)/p+2. The number of hydrogen-bond acceptors (Lipinski definition) is 18. The SMILES string of the molecule is COc1cc(C(C)OC(=O)NCC(=O)ON2C(=O)CCC2=O)c([N+](=O)[O-])cc1OCCN(C)CCNC(=O)C(CS(=O)(=O)O)NC(=O)C(CS(=O)(=O)O)NC(=O)CCc1cc(CCC[N+](C)(C)C)c2n1[B-](F)(F)[N+]1=C(c3ccccc3)C=C(CCC[N+](C)(C)C)C1=C2. The number of hydrogen-bond donors (Lipinski definition) is 6. The highest BCUT2D eigenvalue weighted by Crippen LogP contribution is 2.41. The molecule has 92 heavy (non-hydrogen) atoms. The molecule has 1 fully saturated rings. The van der Waals surface area contributed by atoms with Gasteiger partial charge in [-0.1, -0.05) is 18.2 Å². The number of benzene rings is 2. The number of allylic oxidation sites excluding steroid dienone is 2. The van der Waals surface area contributed by atoms with E-state index in [1.165, 1.54) is 20.1 Å². The third-order valence-corrected chi connectivity index (χ3v) is 16.4. The summed E-state index contributed by atoms with van der Waals surface area (Å²) in [6, 6.07) is 8.28. The molecule has 1 aromatic heterocycles. The van der Waals surface area contributed by atoms with Crippen molar-refractivity contribution in [2.45, 2.75) is 76.5 Å². The molecule has 0 bridgehead atoms. The maximum atomic E-state index is 17.7. The number of carbonyl (C=O) groups is 7. The lowest BCUT2D eigenvalue weighted by molar-refractivity contribution is -0.870. The quantitative estimate of drug-likeness (QED) is 0.0124. The predicted molar refractivity (Wildman–Crippen MR) is 329 cm³/mol. The number of hydroxylamine groups is 2. The molecule has 3 aromatic rings. The van der Waals surface area contributed by atoms with E-state index in [2.05, 4.69) is 41.9 Å². The first-order chi connectivity index (χ1) is 42.8. The van der Waals surface area contributed by atoms with Gasteiger partial charge >= 0.3 is 19.0 Å². The van der Waals surface area contributed by atoms with Crippen molar-refractivity contribution in [1.29, 1.82) is 0 Å². The summed E-state index contributed by atoms with van der Waals surface area (Å²) in [6.07, 6.45) is 2.02. The van der Waals surface area contributed by atoms with Gasteiger partial charge in [-0.25, -0.2) is 9.59 Å². The first kappa shape index (κ1) is 72.8. The van der Waals surface area contributed by atoms with Crippen molar-refractivity contribution in [3.8, 4) is 11.5 Å². The number of nitrogens with zero attached hydrogens (tertiary/aromatic N) is 7. The summed E-state index contributed by atoms with van der Waals surface area (Å²) in [6.45, 7) is -3.07. The molecule has 3 unspecified atom stereocenters. The molecule has 3 aliphatic heterocycles. The van der Waals surface area contributed by atoms with Crippen LogP contribution in [0.3, 0.4) is 0 Å². The normalized spacial score (nSPS) is 15.8. The van der Waals surface area contributed by atoms with Crippen molar-refractivity contribution < 1.29 is 106 Å². The number of likely N-dealkylation sites (N-methyl/N-ethyl adjacent to an activating group) is 1. The molecule has 0 radical (unpaired) electrons. The zero-order valence-corrected chi connectivity index (χ0v) is 54.3. The molecule has 6 rings (SSSR count). The number of nitro benzene ring substituents is 1. The Morgan fingerprint density at radius 1 is 0.826 bits per heavy atom. The number of aromatic nitrogens is 1. The molecule has 3 aliphatic rings. The molecule has 504 valence electrons. The van der Waals surface area contributed by atoms with Crippen molar-refractivity contribution in [2.75, 3.05) is 114 Å². The van der Waals surface area contributed by atoms with Gasteiger partial charge in [-0.3, -0.25) is 43.2 Å². The molecule has 30 nitrogen and oxygen atoms in total. The molecule has 6 amide bonds. The van der Waals surface area contributed by atoms with Crippen LogP contribution in [0, 0.1) is 10.1 Å². The van der Waals surface area contributed by atoms with E-state index in [9.17, 15) is 69.6 Å². The van der Waals surface area contributed by atoms with Gasteiger partial charge in [0.2, 0.25) is 17.7 Å². The number of alkyl carbamates (subject to hydrolysis) is 1. The Labute approximate surface area is 531 Å². The lowest BCUT2D eigenvalue weighted by Gasteiger charge is -2.32. The number of nitro groups is 1. The van der Waals surface area contributed by atoms with E-state index >= 15 is 8.63 Å². The summed E-state index contributed by atoms with van der Waals surface area (Å²) >= 11 is 0. The predicted octanol–water partition coefficient (Wildman–Crippen LogP) is 1.75. The first-order valence-corrected chi connectivity index (χ1v) is 32.5. The highest BCUT2D eigenvalue weighted by Gasteiger charge is 2.55. The molecule has 1 saturated heterocycles. The van der Waals surface area contributed by atoms with E-state index in [0.29, 0.717) is 57.3 Å². The van der Waals surface area contributed by atoms with Crippen LogP contribution < -0.4 is 30.7 Å². The monoisotopic (exact) mass is 1340 g/mol. The number of quaternary nitrogens is 2. The van der Waals surface area contributed by atoms with Crippen LogP contribution in [0.1, 0.15) is 79.6 Å². The van der Waals surface area contributed by atoms with Gasteiger partial charge in [-0.15, -0.1) is 5.06 Å². The Balaban J connectivity index is 1.09. The van der Waals surface area contributed by atoms with Crippen LogP contribution in [0.15, 0.2) is 65.9 Å². The van der Waals surface area contributed by atoms with E-state index in [0.717, 1.165) is 33.6 Å². The zero-order chi connectivity index (χ0) is 68.3. The van der Waals surface area contributed by atoms with Crippen LogP contribution in [0.25, 0.3) is 6.08 Å². The summed E-state index contributed by atoms with van der Waals surface area (Å²) in [4.78, 5) is 107. The third-order valence-electron chi connectivity index (χ3n) is 14.9. The lowest BCUT2D eigenvalue weighted by Crippen LogP contribution is -2.57. The van der Waals surface area contributed by atoms with Crippen molar-refractivity contribution in [3.63, 3.8) is 0 Å². The number of carbonyl (C=O) groups excluding carboxylic acids is 7. The van der Waals surface area contributed by atoms with Gasteiger partial charge in [0.1, 0.15) is 42.8 Å². The second kappa shape index (κ2) is 30.5. The van der Waals surface area contributed by atoms with Crippen molar-refractivity contribution in [2.24, 2.45) is 0 Å². The fourth-order valence-electron chi connectivity index (χ4n) is 10.4. The average Bonchev–Trinajstić information content (AvgIpc) is 1.54. The molecule has 3 atom stereocenters. The minimum Gasteiger partial charge on any atom is -0.493 e. The van der Waals surface area contributed by atoms with Gasteiger partial charge in [0.15, 0.2) is 22.9 Å². The molecular weight excluding hydrogens is 1260 g/mol. The second-order valence-electron chi connectivity index (χ2n) is 24.4. The first-order valence-electron chi connectivity index (χ1n) is 29.3. The van der Waals surface area contributed by atoms with Gasteiger partial charge in [0.25, 0.3) is 37.7 Å². The number of imide groups is 1. The molecule has 2 aromatic carbocycles. The fourth-order valence-corrected chi connectivity index (χ4v) is 11.7. The Bertz CT molecular complexity index is 3630. The van der Waals surface area contributed by atoms with Crippen LogP contribution in [0.4, 0.5) is 19.1 Å². The van der Waals surface area contributed by atoms with Gasteiger partial charge in [0.05, 0.1) is 79.0 Å². The molecular formula is C57H80BF2N11O19S2+2. The van der Waals surface area contributed by atoms with Crippen LogP contribution in [0.5, 0.6) is 11.5 Å². The van der Waals surface area contributed by atoms with Gasteiger partial charge < -0.3 is 71.8 Å². The highest BCUT2D eigenvalue weighted by atomic mass is 32.2. The number of methoxy groups -OCH3 is 1. The molecule has 0 spiro atoms. The number of halogens is 2. The Morgan fingerprint density at radius 3 is 2.02 bits per heavy atom. The van der Waals surface area contributed by atoms with Crippen LogP contribution in [-0.4, -0.2) is 239 Å². The summed E-state index contributed by atoms with van der Waals surface area (Å²) in [5.41, 5.74) is 2.17. The van der Waals surface area contributed by atoms with Gasteiger partial charge in [-0.2, -0.15) is 16.8 Å². The number of aryl methyl sites for hydroxylation is 2. The number of ether oxygens (including phenoxy) is 3. The van der Waals surface area contributed by atoms with Crippen LogP contribution in [-0.2, 0) is 71.4 Å². The highest BCUT2D eigenvalue weighted by molar-refractivity contribution is 7.86. The van der Waals surface area contributed by atoms with Crippen LogP contribution >= 0.6 is 0 Å². The maximum Gasteiger partial charge on any atom is 0.737 e. The number of amides is 6. The van der Waals surface area contributed by atoms with E-state index in [1.54, 1.807) is 60.5 Å². The molecule has 0 aliphatic carbocycles. The number of rotatable bonds is 34. The van der Waals surface area contributed by atoms with Crippen molar-refractivity contribution >= 4 is 86.3 Å². The van der Waals surface area contributed by atoms with E-state index in [4.69, 9.17) is 14.2 Å². The van der Waals surface area contributed by atoms with E-state index in [-0.39, 0.29) is 79.0 Å². The van der Waals surface area contributed by atoms with Gasteiger partial charge in [-0.05, 0) is 68.8 Å². The lowest BCUT2D eigenvalue weighted by atomic mass is 9.88. The average molecular weight is 1340 g/mol. The Kier molecular flexibility index (Phi) is 24.1. The molecule has 35 heteroatoms. The van der Waals surface area contributed by atoms with Crippen molar-refractivity contribution in [1.82, 2.24) is 35.7 Å². The maximum absolute atomic E-state index is 17.7. The largest absolute Gasteiger partial charge is 0.737 e. The summed E-state index contributed by atoms with van der Waals surface area (Å²) in [7, 11) is 4.79.